The molecule has 0 spiro atoms. The van der Waals surface area contributed by atoms with Crippen molar-refractivity contribution >= 4 is 15.8 Å². The molecule has 1 rings (SSSR count). The quantitative estimate of drug-likeness (QED) is 0.835. The molecular weight excluding hydrogens is 280 g/mol. The van der Waals surface area contributed by atoms with Gasteiger partial charge in [0.1, 0.15) is 0 Å². The van der Waals surface area contributed by atoms with Crippen molar-refractivity contribution in [2.75, 3.05) is 12.4 Å². The highest BCUT2D eigenvalue weighted by Crippen LogP contribution is 2.13. The lowest BCUT2D eigenvalue weighted by atomic mass is 10.1. The Bertz CT molecular complexity index is 545. The van der Waals surface area contributed by atoms with Crippen LogP contribution in [0.5, 0.6) is 0 Å². The number of hydrogen-bond donors (Lipinski definition) is 1. The third-order valence-electron chi connectivity index (χ3n) is 3.13. The van der Waals surface area contributed by atoms with Crippen LogP contribution in [0.2, 0.25) is 0 Å². The van der Waals surface area contributed by atoms with E-state index in [9.17, 15) is 13.2 Å². The Balaban J connectivity index is 2.67. The molecular formula is C14H20O5S. The van der Waals surface area contributed by atoms with Crippen molar-refractivity contribution in [3.63, 3.8) is 0 Å². The molecule has 0 aliphatic heterocycles. The third-order valence-corrected chi connectivity index (χ3v) is 4.83. The molecule has 0 amide bonds. The Morgan fingerprint density at radius 3 is 2.20 bits per heavy atom. The van der Waals surface area contributed by atoms with Crippen LogP contribution in [0.4, 0.5) is 0 Å². The molecule has 1 aromatic carbocycles. The zero-order chi connectivity index (χ0) is 15.3. The van der Waals surface area contributed by atoms with Gasteiger partial charge in [-0.3, -0.25) is 0 Å². The van der Waals surface area contributed by atoms with Crippen LogP contribution in [0.25, 0.3) is 0 Å². The van der Waals surface area contributed by atoms with Gasteiger partial charge in [0.2, 0.25) is 0 Å². The van der Waals surface area contributed by atoms with Gasteiger partial charge < -0.3 is 9.84 Å². The Kier molecular flexibility index (Phi) is 5.71. The molecule has 0 saturated heterocycles. The maximum Gasteiger partial charge on any atom is 0.335 e. The summed E-state index contributed by atoms with van der Waals surface area (Å²) in [6, 6.07) is 5.19. The van der Waals surface area contributed by atoms with Crippen molar-refractivity contribution in [1.82, 2.24) is 0 Å². The fourth-order valence-corrected chi connectivity index (χ4v) is 2.56. The number of aromatic carboxylic acids is 1. The molecule has 20 heavy (non-hydrogen) atoms. The van der Waals surface area contributed by atoms with E-state index in [1.54, 1.807) is 0 Å². The summed E-state index contributed by atoms with van der Waals surface area (Å²) in [6.45, 7) is 6.04. The standard InChI is InChI=1S/C14H20O5S/c1-10(2)11(3)19-8-9-20(17,18)13-6-4-12(5-7-13)14(15)16/h4-7,10-11H,8-9H2,1-3H3,(H,15,16). The first-order valence-corrected chi connectivity index (χ1v) is 8.07. The van der Waals surface area contributed by atoms with E-state index in [1.807, 2.05) is 20.8 Å². The van der Waals surface area contributed by atoms with Gasteiger partial charge in [-0.15, -0.1) is 0 Å². The van der Waals surface area contributed by atoms with Crippen LogP contribution in [-0.4, -0.2) is 38.0 Å². The summed E-state index contributed by atoms with van der Waals surface area (Å²) >= 11 is 0. The van der Waals surface area contributed by atoms with Crippen LogP contribution in [-0.2, 0) is 14.6 Å². The SMILES string of the molecule is CC(C)C(C)OCCS(=O)(=O)c1ccc(C(=O)O)cc1. The van der Waals surface area contributed by atoms with Crippen molar-refractivity contribution in [2.24, 2.45) is 5.92 Å². The van der Waals surface area contributed by atoms with Gasteiger partial charge >= 0.3 is 5.97 Å². The van der Waals surface area contributed by atoms with Crippen LogP contribution in [0.3, 0.4) is 0 Å². The van der Waals surface area contributed by atoms with Crippen LogP contribution < -0.4 is 0 Å². The molecule has 0 aliphatic carbocycles. The molecule has 1 unspecified atom stereocenters. The molecule has 0 bridgehead atoms. The summed E-state index contributed by atoms with van der Waals surface area (Å²) in [5.41, 5.74) is 0.0635. The topological polar surface area (TPSA) is 80.7 Å². The van der Waals surface area contributed by atoms with Gasteiger partial charge in [-0.05, 0) is 37.1 Å². The van der Waals surface area contributed by atoms with E-state index in [-0.39, 0.29) is 28.9 Å². The van der Waals surface area contributed by atoms with Crippen molar-refractivity contribution in [3.05, 3.63) is 29.8 Å². The third kappa shape index (κ3) is 4.61. The van der Waals surface area contributed by atoms with Gasteiger partial charge in [-0.2, -0.15) is 0 Å². The predicted octanol–water partition coefficient (Wildman–Crippen LogP) is 2.22. The number of carboxylic acid groups (broad SMARTS) is 1. The lowest BCUT2D eigenvalue weighted by Crippen LogP contribution is -2.20. The Morgan fingerprint density at radius 1 is 1.20 bits per heavy atom. The molecule has 0 aliphatic rings. The highest BCUT2D eigenvalue weighted by molar-refractivity contribution is 7.91. The molecule has 112 valence electrons. The van der Waals surface area contributed by atoms with Crippen LogP contribution >= 0.6 is 0 Å². The minimum Gasteiger partial charge on any atom is -0.478 e. The number of benzene rings is 1. The largest absolute Gasteiger partial charge is 0.478 e. The van der Waals surface area contributed by atoms with E-state index in [0.29, 0.717) is 5.92 Å². The minimum atomic E-state index is -3.44. The normalized spacial score (nSPS) is 13.4. The summed E-state index contributed by atoms with van der Waals surface area (Å²) in [6.07, 6.45) is -0.000383. The number of carboxylic acids is 1. The molecule has 1 N–H and O–H groups in total. The molecule has 0 saturated carbocycles. The molecule has 6 heteroatoms. The molecule has 0 heterocycles. The second-order valence-electron chi connectivity index (χ2n) is 4.97. The van der Waals surface area contributed by atoms with Crippen molar-refractivity contribution < 1.29 is 23.1 Å². The highest BCUT2D eigenvalue weighted by Gasteiger charge is 2.16. The number of ether oxygens (including phenoxy) is 1. The zero-order valence-corrected chi connectivity index (χ0v) is 12.7. The van der Waals surface area contributed by atoms with Crippen LogP contribution in [0, 0.1) is 5.92 Å². The van der Waals surface area contributed by atoms with Gasteiger partial charge in [0.15, 0.2) is 9.84 Å². The number of hydrogen-bond acceptors (Lipinski definition) is 4. The van der Waals surface area contributed by atoms with E-state index in [2.05, 4.69) is 0 Å². The highest BCUT2D eigenvalue weighted by atomic mass is 32.2. The summed E-state index contributed by atoms with van der Waals surface area (Å²) in [5, 5.41) is 8.76. The number of carbonyl (C=O) groups is 1. The van der Waals surface area contributed by atoms with Crippen molar-refractivity contribution in [2.45, 2.75) is 31.8 Å². The monoisotopic (exact) mass is 300 g/mol. The maximum atomic E-state index is 12.0. The summed E-state index contributed by atoms with van der Waals surface area (Å²) in [7, 11) is -3.44. The van der Waals surface area contributed by atoms with Crippen molar-refractivity contribution in [1.29, 1.82) is 0 Å². The second kappa shape index (κ2) is 6.85. The first kappa shape index (κ1) is 16.7. The first-order chi connectivity index (χ1) is 9.24. The molecule has 5 nitrogen and oxygen atoms in total. The zero-order valence-electron chi connectivity index (χ0n) is 11.9. The van der Waals surface area contributed by atoms with Gasteiger partial charge in [0.05, 0.1) is 28.9 Å². The van der Waals surface area contributed by atoms with Gasteiger partial charge in [-0.1, -0.05) is 13.8 Å². The molecule has 0 fully saturated rings. The number of sulfone groups is 1. The van der Waals surface area contributed by atoms with Gasteiger partial charge in [0, 0.05) is 0 Å². The molecule has 1 aromatic rings. The van der Waals surface area contributed by atoms with Crippen LogP contribution in [0.15, 0.2) is 29.2 Å². The average molecular weight is 300 g/mol. The molecule has 0 radical (unpaired) electrons. The fourth-order valence-electron chi connectivity index (χ4n) is 1.46. The lowest BCUT2D eigenvalue weighted by molar-refractivity contribution is 0.0455. The van der Waals surface area contributed by atoms with Gasteiger partial charge in [-0.25, -0.2) is 13.2 Å². The Morgan fingerprint density at radius 2 is 1.75 bits per heavy atom. The van der Waals surface area contributed by atoms with Crippen molar-refractivity contribution in [3.8, 4) is 0 Å². The average Bonchev–Trinajstić information content (AvgIpc) is 2.38. The van der Waals surface area contributed by atoms with Crippen LogP contribution in [0.1, 0.15) is 31.1 Å². The minimum absolute atomic E-state index is 0.000383. The summed E-state index contributed by atoms with van der Waals surface area (Å²) in [5.74, 6) is -0.869. The van der Waals surface area contributed by atoms with E-state index >= 15 is 0 Å². The fraction of sp³-hybridized carbons (Fsp3) is 0.500. The number of rotatable bonds is 7. The van der Waals surface area contributed by atoms with E-state index in [0.717, 1.165) is 0 Å². The van der Waals surface area contributed by atoms with E-state index in [4.69, 9.17) is 9.84 Å². The van der Waals surface area contributed by atoms with Gasteiger partial charge in [0.25, 0.3) is 0 Å². The predicted molar refractivity (Wildman–Crippen MR) is 75.7 cm³/mol. The Labute approximate surface area is 119 Å². The lowest BCUT2D eigenvalue weighted by Gasteiger charge is -2.16. The summed E-state index contributed by atoms with van der Waals surface area (Å²) in [4.78, 5) is 10.8. The smallest absolute Gasteiger partial charge is 0.335 e. The first-order valence-electron chi connectivity index (χ1n) is 6.41. The Hall–Kier alpha value is -1.40. The van der Waals surface area contributed by atoms with E-state index in [1.165, 1.54) is 24.3 Å². The molecule has 1 atom stereocenters. The summed E-state index contributed by atoms with van der Waals surface area (Å²) < 4.78 is 29.5. The molecule has 0 aromatic heterocycles. The second-order valence-corrected chi connectivity index (χ2v) is 7.08. The van der Waals surface area contributed by atoms with E-state index < -0.39 is 15.8 Å². The maximum absolute atomic E-state index is 12.0.